The van der Waals surface area contributed by atoms with Crippen molar-refractivity contribution in [2.24, 2.45) is 29.2 Å². The first-order valence-corrected chi connectivity index (χ1v) is 6.84. The molecule has 4 unspecified atom stereocenters. The lowest BCUT2D eigenvalue weighted by Gasteiger charge is -2.35. The van der Waals surface area contributed by atoms with E-state index < -0.39 is 0 Å². The van der Waals surface area contributed by atoms with Gasteiger partial charge in [-0.1, -0.05) is 13.3 Å². The molecule has 0 aromatic rings. The van der Waals surface area contributed by atoms with Crippen molar-refractivity contribution in [1.82, 2.24) is 4.90 Å². The zero-order chi connectivity index (χ0) is 13.3. The van der Waals surface area contributed by atoms with Gasteiger partial charge in [0.05, 0.1) is 11.8 Å². The summed E-state index contributed by atoms with van der Waals surface area (Å²) in [5.41, 5.74) is 11.4. The number of hydrogen-bond acceptors (Lipinski definition) is 3. The molecular formula is C13H23N3O2. The number of amides is 2. The molecule has 1 heterocycles. The molecule has 18 heavy (non-hydrogen) atoms. The van der Waals surface area contributed by atoms with Crippen molar-refractivity contribution in [3.63, 3.8) is 0 Å². The van der Waals surface area contributed by atoms with Crippen molar-refractivity contribution >= 4 is 11.8 Å². The number of hydrogen-bond donors (Lipinski definition) is 2. The van der Waals surface area contributed by atoms with Gasteiger partial charge in [0.25, 0.3) is 0 Å². The summed E-state index contributed by atoms with van der Waals surface area (Å²) in [6, 6.07) is -0.0334. The quantitative estimate of drug-likeness (QED) is 0.730. The van der Waals surface area contributed by atoms with Gasteiger partial charge in [-0.25, -0.2) is 0 Å². The number of nitrogens with two attached hydrogens (primary N) is 2. The third-order valence-corrected chi connectivity index (χ3v) is 4.46. The number of carbonyl (C=O) groups is 2. The van der Waals surface area contributed by atoms with E-state index in [1.165, 1.54) is 0 Å². The molecule has 0 radical (unpaired) electrons. The van der Waals surface area contributed by atoms with Crippen LogP contribution in [0.15, 0.2) is 0 Å². The molecule has 0 bridgehead atoms. The Labute approximate surface area is 108 Å². The van der Waals surface area contributed by atoms with Crippen LogP contribution in [0.4, 0.5) is 0 Å². The Bertz CT molecular complexity index is 335. The van der Waals surface area contributed by atoms with E-state index in [0.29, 0.717) is 25.4 Å². The van der Waals surface area contributed by atoms with Gasteiger partial charge in [-0.2, -0.15) is 0 Å². The Kier molecular flexibility index (Phi) is 3.90. The summed E-state index contributed by atoms with van der Waals surface area (Å²) in [6.07, 6.45) is 3.79. The van der Waals surface area contributed by atoms with Gasteiger partial charge in [-0.3, -0.25) is 9.59 Å². The molecular weight excluding hydrogens is 230 g/mol. The normalized spacial score (nSPS) is 36.7. The second-order valence-corrected chi connectivity index (χ2v) is 5.77. The highest BCUT2D eigenvalue weighted by Crippen LogP contribution is 2.31. The number of primary amides is 1. The first-order chi connectivity index (χ1) is 8.50. The van der Waals surface area contributed by atoms with E-state index >= 15 is 0 Å². The summed E-state index contributed by atoms with van der Waals surface area (Å²) < 4.78 is 0. The highest BCUT2D eigenvalue weighted by molar-refractivity contribution is 5.83. The molecule has 2 aliphatic rings. The third-order valence-electron chi connectivity index (χ3n) is 4.46. The zero-order valence-corrected chi connectivity index (χ0v) is 11.0. The number of carbonyl (C=O) groups excluding carboxylic acids is 2. The van der Waals surface area contributed by atoms with Crippen LogP contribution in [0.1, 0.15) is 32.6 Å². The van der Waals surface area contributed by atoms with E-state index in [9.17, 15) is 9.59 Å². The van der Waals surface area contributed by atoms with Crippen LogP contribution in [0.5, 0.6) is 0 Å². The highest BCUT2D eigenvalue weighted by atomic mass is 16.2. The molecule has 5 heteroatoms. The van der Waals surface area contributed by atoms with Crippen LogP contribution in [0, 0.1) is 17.8 Å². The summed E-state index contributed by atoms with van der Waals surface area (Å²) in [5.74, 6) is -0.0898. The van der Waals surface area contributed by atoms with Gasteiger partial charge in [-0.05, 0) is 25.2 Å². The van der Waals surface area contributed by atoms with Gasteiger partial charge in [0.2, 0.25) is 11.8 Å². The lowest BCUT2D eigenvalue weighted by molar-refractivity contribution is -0.138. The minimum absolute atomic E-state index is 0.0334. The average Bonchev–Trinajstić information content (AvgIpc) is 2.77. The maximum Gasteiger partial charge on any atom is 0.227 e. The van der Waals surface area contributed by atoms with E-state index in [1.54, 1.807) is 4.90 Å². The Balaban J connectivity index is 2.01. The molecule has 1 saturated carbocycles. The van der Waals surface area contributed by atoms with E-state index in [1.807, 2.05) is 0 Å². The summed E-state index contributed by atoms with van der Waals surface area (Å²) in [7, 11) is 0. The molecule has 4 N–H and O–H groups in total. The number of nitrogens with zero attached hydrogens (tertiary/aromatic N) is 1. The van der Waals surface area contributed by atoms with Crippen LogP contribution >= 0.6 is 0 Å². The third kappa shape index (κ3) is 2.51. The second kappa shape index (κ2) is 5.26. The highest BCUT2D eigenvalue weighted by Gasteiger charge is 2.39. The van der Waals surface area contributed by atoms with Crippen molar-refractivity contribution in [2.45, 2.75) is 38.6 Å². The molecule has 2 fully saturated rings. The average molecular weight is 253 g/mol. The van der Waals surface area contributed by atoms with E-state index in [0.717, 1.165) is 19.3 Å². The molecule has 1 saturated heterocycles. The fourth-order valence-electron chi connectivity index (χ4n) is 3.29. The summed E-state index contributed by atoms with van der Waals surface area (Å²) in [6.45, 7) is 3.22. The van der Waals surface area contributed by atoms with Crippen LogP contribution in [-0.2, 0) is 9.59 Å². The summed E-state index contributed by atoms with van der Waals surface area (Å²) in [4.78, 5) is 25.4. The fraction of sp³-hybridized carbons (Fsp3) is 0.846. The van der Waals surface area contributed by atoms with E-state index in [4.69, 9.17) is 11.5 Å². The van der Waals surface area contributed by atoms with Crippen molar-refractivity contribution in [1.29, 1.82) is 0 Å². The zero-order valence-electron chi connectivity index (χ0n) is 11.0. The predicted octanol–water partition coefficient (Wildman–Crippen LogP) is 0.0837. The van der Waals surface area contributed by atoms with Crippen LogP contribution in [0.2, 0.25) is 0 Å². The predicted molar refractivity (Wildman–Crippen MR) is 68.4 cm³/mol. The molecule has 4 atom stereocenters. The van der Waals surface area contributed by atoms with Crippen molar-refractivity contribution in [3.8, 4) is 0 Å². The maximum absolute atomic E-state index is 12.5. The standard InChI is InChI=1S/C13H23N3O2/c1-8-3-2-4-10(14)11(8)13(18)16-6-5-9(7-16)12(15)17/h8-11H,2-7,14H2,1H3,(H2,15,17). The van der Waals surface area contributed by atoms with Crippen LogP contribution in [0.25, 0.3) is 0 Å². The maximum atomic E-state index is 12.5. The van der Waals surface area contributed by atoms with Gasteiger partial charge < -0.3 is 16.4 Å². The largest absolute Gasteiger partial charge is 0.369 e. The van der Waals surface area contributed by atoms with Crippen molar-refractivity contribution < 1.29 is 9.59 Å². The lowest BCUT2D eigenvalue weighted by atomic mass is 9.76. The van der Waals surface area contributed by atoms with E-state index in [2.05, 4.69) is 6.92 Å². The molecule has 1 aliphatic heterocycles. The SMILES string of the molecule is CC1CCCC(N)C1C(=O)N1CCC(C(N)=O)C1. The smallest absolute Gasteiger partial charge is 0.227 e. The van der Waals surface area contributed by atoms with Gasteiger partial charge in [0.15, 0.2) is 0 Å². The molecule has 5 nitrogen and oxygen atoms in total. The molecule has 2 amide bonds. The van der Waals surface area contributed by atoms with Crippen molar-refractivity contribution in [3.05, 3.63) is 0 Å². The lowest BCUT2D eigenvalue weighted by Crippen LogP contribution is -2.48. The van der Waals surface area contributed by atoms with Gasteiger partial charge in [0.1, 0.15) is 0 Å². The molecule has 0 aromatic carbocycles. The van der Waals surface area contributed by atoms with Crippen LogP contribution in [0.3, 0.4) is 0 Å². The van der Waals surface area contributed by atoms with Crippen LogP contribution in [-0.4, -0.2) is 35.8 Å². The first-order valence-electron chi connectivity index (χ1n) is 6.84. The first kappa shape index (κ1) is 13.3. The topological polar surface area (TPSA) is 89.4 Å². The van der Waals surface area contributed by atoms with Gasteiger partial charge in [0, 0.05) is 19.1 Å². The summed E-state index contributed by atoms with van der Waals surface area (Å²) >= 11 is 0. The van der Waals surface area contributed by atoms with E-state index in [-0.39, 0.29) is 29.7 Å². The van der Waals surface area contributed by atoms with Crippen molar-refractivity contribution in [2.75, 3.05) is 13.1 Å². The molecule has 102 valence electrons. The molecule has 0 aromatic heterocycles. The number of rotatable bonds is 2. The number of likely N-dealkylation sites (tertiary alicyclic amines) is 1. The Hall–Kier alpha value is -1.10. The van der Waals surface area contributed by atoms with Gasteiger partial charge >= 0.3 is 0 Å². The second-order valence-electron chi connectivity index (χ2n) is 5.77. The Morgan fingerprint density at radius 2 is 1.94 bits per heavy atom. The minimum atomic E-state index is -0.300. The molecule has 0 spiro atoms. The fourth-order valence-corrected chi connectivity index (χ4v) is 3.29. The molecule has 1 aliphatic carbocycles. The minimum Gasteiger partial charge on any atom is -0.369 e. The van der Waals surface area contributed by atoms with Crippen LogP contribution < -0.4 is 11.5 Å². The molecule has 2 rings (SSSR count). The monoisotopic (exact) mass is 253 g/mol. The van der Waals surface area contributed by atoms with Gasteiger partial charge in [-0.15, -0.1) is 0 Å². The summed E-state index contributed by atoms with van der Waals surface area (Å²) in [5, 5.41) is 0. The Morgan fingerprint density at radius 1 is 1.22 bits per heavy atom. The Morgan fingerprint density at radius 3 is 2.50 bits per heavy atom.